The Bertz CT molecular complexity index is 1220. The SMILES string of the molecule is CC[Si](CC)(CC)O[C@H](C)CCc1c([C@@H](C)Nc2nc(Cl)nc3cnc(Cl)cc23)cccc1C(F)(F)F. The van der Waals surface area contributed by atoms with Gasteiger partial charge in [0.05, 0.1) is 23.3 Å². The summed E-state index contributed by atoms with van der Waals surface area (Å²) in [5, 5.41) is 4.04. The molecule has 0 radical (unpaired) electrons. The number of hydrogen-bond acceptors (Lipinski definition) is 5. The van der Waals surface area contributed by atoms with Gasteiger partial charge < -0.3 is 9.74 Å². The van der Waals surface area contributed by atoms with Gasteiger partial charge in [-0.15, -0.1) is 0 Å². The lowest BCUT2D eigenvalue weighted by atomic mass is 9.92. The zero-order valence-electron chi connectivity index (χ0n) is 21.7. The molecule has 37 heavy (non-hydrogen) atoms. The van der Waals surface area contributed by atoms with E-state index in [1.165, 1.54) is 12.3 Å². The van der Waals surface area contributed by atoms with Crippen molar-refractivity contribution in [3.63, 3.8) is 0 Å². The largest absolute Gasteiger partial charge is 0.416 e. The van der Waals surface area contributed by atoms with Crippen molar-refractivity contribution in [3.8, 4) is 0 Å². The summed E-state index contributed by atoms with van der Waals surface area (Å²) in [6.45, 7) is 10.2. The van der Waals surface area contributed by atoms with Gasteiger partial charge in [0, 0.05) is 11.5 Å². The number of nitrogens with zero attached hydrogens (tertiary/aromatic N) is 3. The second-order valence-electron chi connectivity index (χ2n) is 9.31. The number of pyridine rings is 1. The van der Waals surface area contributed by atoms with Gasteiger partial charge in [-0.1, -0.05) is 44.5 Å². The molecule has 2 aromatic heterocycles. The molecule has 1 aromatic carbocycles. The zero-order chi connectivity index (χ0) is 27.4. The third-order valence-electron chi connectivity index (χ3n) is 7.04. The lowest BCUT2D eigenvalue weighted by molar-refractivity contribution is -0.138. The van der Waals surface area contributed by atoms with Gasteiger partial charge >= 0.3 is 6.18 Å². The Morgan fingerprint density at radius 1 is 1.05 bits per heavy atom. The number of halogens is 5. The highest BCUT2D eigenvalue weighted by Crippen LogP contribution is 2.37. The van der Waals surface area contributed by atoms with Crippen LogP contribution in [0.3, 0.4) is 0 Å². The van der Waals surface area contributed by atoms with Crippen molar-refractivity contribution >= 4 is 48.2 Å². The van der Waals surface area contributed by atoms with E-state index in [1.54, 1.807) is 19.1 Å². The molecular weight excluding hydrogens is 540 g/mol. The molecule has 2 heterocycles. The van der Waals surface area contributed by atoms with E-state index < -0.39 is 26.1 Å². The fraction of sp³-hybridized carbons (Fsp3) is 0.500. The maximum Gasteiger partial charge on any atom is 0.416 e. The third kappa shape index (κ3) is 7.13. The number of anilines is 1. The van der Waals surface area contributed by atoms with Crippen LogP contribution in [0.2, 0.25) is 28.6 Å². The second kappa shape index (κ2) is 12.3. The molecule has 0 aliphatic rings. The second-order valence-corrected chi connectivity index (χ2v) is 14.8. The number of fused-ring (bicyclic) bond motifs is 1. The first kappa shape index (κ1) is 29.6. The Morgan fingerprint density at radius 3 is 2.35 bits per heavy atom. The van der Waals surface area contributed by atoms with E-state index in [-0.39, 0.29) is 28.5 Å². The molecule has 11 heteroatoms. The van der Waals surface area contributed by atoms with Gasteiger partial charge in [-0.3, -0.25) is 0 Å². The monoisotopic (exact) mass is 572 g/mol. The predicted octanol–water partition coefficient (Wildman–Crippen LogP) is 8.87. The van der Waals surface area contributed by atoms with Gasteiger partial charge in [0.1, 0.15) is 11.0 Å². The molecule has 3 aromatic rings. The number of rotatable bonds is 11. The van der Waals surface area contributed by atoms with Crippen molar-refractivity contribution < 1.29 is 17.6 Å². The third-order valence-corrected chi connectivity index (χ3v) is 12.2. The van der Waals surface area contributed by atoms with Crippen LogP contribution in [0.1, 0.15) is 63.8 Å². The Morgan fingerprint density at radius 2 is 1.73 bits per heavy atom. The summed E-state index contributed by atoms with van der Waals surface area (Å²) in [6.07, 6.45) is -2.41. The van der Waals surface area contributed by atoms with Crippen LogP contribution in [-0.4, -0.2) is 29.4 Å². The number of nitrogens with one attached hydrogen (secondary N) is 1. The summed E-state index contributed by atoms with van der Waals surface area (Å²) in [6, 6.07) is 8.36. The topological polar surface area (TPSA) is 59.9 Å². The molecule has 0 unspecified atom stereocenters. The van der Waals surface area contributed by atoms with Crippen LogP contribution in [0.25, 0.3) is 10.9 Å². The first-order valence-corrected chi connectivity index (χ1v) is 15.8. The highest BCUT2D eigenvalue weighted by molar-refractivity contribution is 6.73. The van der Waals surface area contributed by atoms with Gasteiger partial charge in [-0.05, 0) is 79.7 Å². The predicted molar refractivity (Wildman–Crippen MR) is 147 cm³/mol. The summed E-state index contributed by atoms with van der Waals surface area (Å²) < 4.78 is 48.7. The average Bonchev–Trinajstić information content (AvgIpc) is 2.85. The maximum absolute atomic E-state index is 14.1. The quantitative estimate of drug-likeness (QED) is 0.141. The Hall–Kier alpha value is -1.94. The van der Waals surface area contributed by atoms with Crippen molar-refractivity contribution in [1.29, 1.82) is 0 Å². The summed E-state index contributed by atoms with van der Waals surface area (Å²) in [5.41, 5.74) is 0.639. The average molecular weight is 574 g/mol. The number of aromatic nitrogens is 3. The standard InChI is InChI=1S/C26H33Cl2F3N4OSi/c1-6-37(7-2,8-3)36-16(4)12-13-19-18(10-9-11-21(19)26(29,30)31)17(5)33-24-20-14-23(27)32-15-22(20)34-25(28)35-24/h9-11,14-17H,6-8,12-13H2,1-5H3,(H,33,34,35)/t16-,17-/m1/s1. The number of alkyl halides is 3. The van der Waals surface area contributed by atoms with E-state index >= 15 is 0 Å². The smallest absolute Gasteiger partial charge is 0.414 e. The summed E-state index contributed by atoms with van der Waals surface area (Å²) >= 11 is 12.2. The molecule has 0 bridgehead atoms. The summed E-state index contributed by atoms with van der Waals surface area (Å²) in [4.78, 5) is 12.4. The van der Waals surface area contributed by atoms with E-state index in [0.29, 0.717) is 28.7 Å². The van der Waals surface area contributed by atoms with Crippen LogP contribution in [0.15, 0.2) is 30.5 Å². The van der Waals surface area contributed by atoms with E-state index in [4.69, 9.17) is 27.6 Å². The normalized spacial score (nSPS) is 14.1. The molecule has 0 saturated heterocycles. The van der Waals surface area contributed by atoms with Crippen LogP contribution in [-0.2, 0) is 17.0 Å². The molecule has 0 saturated carbocycles. The van der Waals surface area contributed by atoms with Crippen molar-refractivity contribution in [1.82, 2.24) is 15.0 Å². The molecule has 0 spiro atoms. The highest BCUT2D eigenvalue weighted by Gasteiger charge is 2.35. The lowest BCUT2D eigenvalue weighted by Gasteiger charge is -2.32. The lowest BCUT2D eigenvalue weighted by Crippen LogP contribution is -2.39. The van der Waals surface area contributed by atoms with E-state index in [1.807, 2.05) is 6.92 Å². The Balaban J connectivity index is 1.94. The van der Waals surface area contributed by atoms with Crippen molar-refractivity contribution in [3.05, 3.63) is 57.6 Å². The van der Waals surface area contributed by atoms with Crippen LogP contribution in [0, 0.1) is 0 Å². The van der Waals surface area contributed by atoms with E-state index in [0.717, 1.165) is 24.2 Å². The van der Waals surface area contributed by atoms with Crippen molar-refractivity contribution in [2.45, 2.75) is 83.9 Å². The highest BCUT2D eigenvalue weighted by atomic mass is 35.5. The first-order valence-electron chi connectivity index (χ1n) is 12.5. The molecule has 0 amide bonds. The van der Waals surface area contributed by atoms with Crippen LogP contribution in [0.5, 0.6) is 0 Å². The molecule has 0 fully saturated rings. The van der Waals surface area contributed by atoms with Crippen molar-refractivity contribution in [2.24, 2.45) is 0 Å². The van der Waals surface area contributed by atoms with Gasteiger partial charge in [0.15, 0.2) is 8.32 Å². The van der Waals surface area contributed by atoms with E-state index in [9.17, 15) is 13.2 Å². The molecule has 3 rings (SSSR count). The molecule has 0 aliphatic heterocycles. The minimum atomic E-state index is -4.48. The number of hydrogen-bond donors (Lipinski definition) is 1. The van der Waals surface area contributed by atoms with E-state index in [2.05, 4.69) is 41.0 Å². The van der Waals surface area contributed by atoms with Crippen LogP contribution >= 0.6 is 23.2 Å². The zero-order valence-corrected chi connectivity index (χ0v) is 24.2. The first-order chi connectivity index (χ1) is 17.4. The fourth-order valence-electron chi connectivity index (χ4n) is 4.76. The summed E-state index contributed by atoms with van der Waals surface area (Å²) in [5.74, 6) is 0.372. The number of benzene rings is 1. The Labute approximate surface area is 227 Å². The molecule has 2 atom stereocenters. The van der Waals surface area contributed by atoms with Gasteiger partial charge in [-0.25, -0.2) is 15.0 Å². The van der Waals surface area contributed by atoms with Gasteiger partial charge in [0.2, 0.25) is 5.28 Å². The molecular formula is C26H33Cl2F3N4OSi. The van der Waals surface area contributed by atoms with Crippen molar-refractivity contribution in [2.75, 3.05) is 5.32 Å². The fourth-order valence-corrected chi connectivity index (χ4v) is 8.06. The summed E-state index contributed by atoms with van der Waals surface area (Å²) in [7, 11) is -1.87. The van der Waals surface area contributed by atoms with Gasteiger partial charge in [0.25, 0.3) is 0 Å². The maximum atomic E-state index is 14.1. The van der Waals surface area contributed by atoms with Gasteiger partial charge in [-0.2, -0.15) is 13.2 Å². The minimum absolute atomic E-state index is 0.00279. The van der Waals surface area contributed by atoms with Crippen LogP contribution < -0.4 is 5.32 Å². The Kier molecular flexibility index (Phi) is 9.83. The molecule has 0 aliphatic carbocycles. The minimum Gasteiger partial charge on any atom is -0.414 e. The molecule has 202 valence electrons. The molecule has 1 N–H and O–H groups in total. The van der Waals surface area contributed by atoms with Crippen LogP contribution in [0.4, 0.5) is 19.0 Å². The molecule has 5 nitrogen and oxygen atoms in total.